The Morgan fingerprint density at radius 3 is 2.50 bits per heavy atom. The molecule has 0 unspecified atom stereocenters. The number of halogens is 3. The van der Waals surface area contributed by atoms with Crippen LogP contribution in [0, 0.1) is 0 Å². The summed E-state index contributed by atoms with van der Waals surface area (Å²) in [5.41, 5.74) is 3.81. The number of alkyl halides is 3. The molecule has 4 aromatic rings. The number of fused-ring (bicyclic) bond motifs is 1. The van der Waals surface area contributed by atoms with Gasteiger partial charge >= 0.3 is 6.36 Å². The van der Waals surface area contributed by atoms with Gasteiger partial charge in [0.15, 0.2) is 5.82 Å². The lowest BCUT2D eigenvalue weighted by molar-refractivity contribution is -0.274. The maximum absolute atomic E-state index is 12.3. The van der Waals surface area contributed by atoms with Crippen molar-refractivity contribution in [1.82, 2.24) is 15.0 Å². The first kappa shape index (κ1) is 18.0. The van der Waals surface area contributed by atoms with E-state index in [9.17, 15) is 13.2 Å². The molecule has 0 radical (unpaired) electrons. The number of aromatic amines is 1. The van der Waals surface area contributed by atoms with Crippen molar-refractivity contribution in [1.29, 1.82) is 0 Å². The fourth-order valence-corrected chi connectivity index (χ4v) is 3.08. The molecular weight excluding hydrogens is 367 g/mol. The van der Waals surface area contributed by atoms with Crippen LogP contribution in [-0.4, -0.2) is 21.3 Å². The summed E-state index contributed by atoms with van der Waals surface area (Å²) in [6.07, 6.45) is 0.505. The van der Waals surface area contributed by atoms with Crippen LogP contribution in [0.3, 0.4) is 0 Å². The first-order valence-corrected chi connectivity index (χ1v) is 8.71. The van der Waals surface area contributed by atoms with Crippen LogP contribution in [0.25, 0.3) is 22.3 Å². The molecule has 2 aromatic heterocycles. The zero-order valence-electron chi connectivity index (χ0n) is 14.7. The quantitative estimate of drug-likeness (QED) is 0.508. The summed E-state index contributed by atoms with van der Waals surface area (Å²) in [6, 6.07) is 15.5. The lowest BCUT2D eigenvalue weighted by Crippen LogP contribution is -2.16. The number of H-pyrrole nitrogens is 1. The van der Waals surface area contributed by atoms with Crippen molar-refractivity contribution in [2.45, 2.75) is 19.2 Å². The summed E-state index contributed by atoms with van der Waals surface area (Å²) in [6.45, 7) is 0. The lowest BCUT2D eigenvalue weighted by Gasteiger charge is -2.09. The SMILES string of the molecule is FC(F)(F)Oc1ccc(-c2nccc(CCc3c[nH]c4ccccc34)n2)cc1. The molecular formula is C21H16F3N3O. The normalized spacial score (nSPS) is 11.7. The molecule has 142 valence electrons. The van der Waals surface area contributed by atoms with Crippen LogP contribution in [0.2, 0.25) is 0 Å². The molecule has 0 aliphatic carbocycles. The number of nitrogens with zero attached hydrogens (tertiary/aromatic N) is 2. The highest BCUT2D eigenvalue weighted by atomic mass is 19.4. The zero-order chi connectivity index (χ0) is 19.6. The van der Waals surface area contributed by atoms with Gasteiger partial charge in [-0.05, 0) is 54.8 Å². The standard InChI is InChI=1S/C21H16F3N3O/c22-21(23,24)28-17-9-6-14(7-10-17)20-25-12-11-16(27-20)8-5-15-13-26-19-4-2-1-3-18(15)19/h1-4,6-7,9-13,26H,5,8H2. The Morgan fingerprint density at radius 1 is 0.929 bits per heavy atom. The van der Waals surface area contributed by atoms with E-state index in [2.05, 4.69) is 25.8 Å². The predicted octanol–water partition coefficient (Wildman–Crippen LogP) is 5.31. The molecule has 0 fully saturated rings. The van der Waals surface area contributed by atoms with Gasteiger partial charge in [-0.25, -0.2) is 9.97 Å². The van der Waals surface area contributed by atoms with Crippen molar-refractivity contribution in [3.63, 3.8) is 0 Å². The van der Waals surface area contributed by atoms with E-state index in [1.165, 1.54) is 35.2 Å². The molecule has 0 aliphatic heterocycles. The summed E-state index contributed by atoms with van der Waals surface area (Å²) in [5.74, 6) is 0.196. The predicted molar refractivity (Wildman–Crippen MR) is 99.9 cm³/mol. The third kappa shape index (κ3) is 4.14. The Balaban J connectivity index is 1.48. The maximum Gasteiger partial charge on any atom is 0.573 e. The van der Waals surface area contributed by atoms with E-state index in [0.29, 0.717) is 11.4 Å². The third-order valence-corrected chi connectivity index (χ3v) is 4.38. The Kier molecular flexibility index (Phi) is 4.73. The maximum atomic E-state index is 12.3. The number of aryl methyl sites for hydroxylation is 2. The van der Waals surface area contributed by atoms with E-state index >= 15 is 0 Å². The molecule has 4 nitrogen and oxygen atoms in total. The second kappa shape index (κ2) is 7.34. The zero-order valence-corrected chi connectivity index (χ0v) is 14.7. The summed E-state index contributed by atoms with van der Waals surface area (Å²) in [7, 11) is 0. The van der Waals surface area contributed by atoms with Gasteiger partial charge in [0.2, 0.25) is 0 Å². The Labute approximate surface area is 159 Å². The van der Waals surface area contributed by atoms with Crippen molar-refractivity contribution >= 4 is 10.9 Å². The fraction of sp³-hybridized carbons (Fsp3) is 0.143. The van der Waals surface area contributed by atoms with Gasteiger partial charge in [0.1, 0.15) is 5.75 Å². The average molecular weight is 383 g/mol. The van der Waals surface area contributed by atoms with Crippen LogP contribution in [0.5, 0.6) is 5.75 Å². The van der Waals surface area contributed by atoms with Gasteiger partial charge in [-0.1, -0.05) is 18.2 Å². The van der Waals surface area contributed by atoms with Gasteiger partial charge in [0.25, 0.3) is 0 Å². The van der Waals surface area contributed by atoms with E-state index in [0.717, 1.165) is 24.1 Å². The number of nitrogens with one attached hydrogen (secondary N) is 1. The summed E-state index contributed by atoms with van der Waals surface area (Å²) >= 11 is 0. The molecule has 0 saturated carbocycles. The number of rotatable bonds is 5. The molecule has 4 rings (SSSR count). The monoisotopic (exact) mass is 383 g/mol. The van der Waals surface area contributed by atoms with Crippen LogP contribution >= 0.6 is 0 Å². The highest BCUT2D eigenvalue weighted by Crippen LogP contribution is 2.25. The van der Waals surface area contributed by atoms with E-state index in [1.54, 1.807) is 6.20 Å². The molecule has 0 atom stereocenters. The number of aromatic nitrogens is 3. The molecule has 1 N–H and O–H groups in total. The van der Waals surface area contributed by atoms with Gasteiger partial charge in [-0.2, -0.15) is 0 Å². The minimum Gasteiger partial charge on any atom is -0.406 e. The number of ether oxygens (including phenoxy) is 1. The van der Waals surface area contributed by atoms with Crippen molar-refractivity contribution in [2.24, 2.45) is 0 Å². The van der Waals surface area contributed by atoms with Crippen molar-refractivity contribution in [3.05, 3.63) is 78.2 Å². The van der Waals surface area contributed by atoms with Crippen LogP contribution < -0.4 is 4.74 Å². The molecule has 0 spiro atoms. The summed E-state index contributed by atoms with van der Waals surface area (Å²) in [5, 5.41) is 1.19. The first-order valence-electron chi connectivity index (χ1n) is 8.71. The smallest absolute Gasteiger partial charge is 0.406 e. The second-order valence-corrected chi connectivity index (χ2v) is 6.30. The van der Waals surface area contributed by atoms with Gasteiger partial charge in [-0.15, -0.1) is 13.2 Å². The largest absolute Gasteiger partial charge is 0.573 e. The van der Waals surface area contributed by atoms with Crippen molar-refractivity contribution in [2.75, 3.05) is 0 Å². The minimum atomic E-state index is -4.71. The van der Waals surface area contributed by atoms with Gasteiger partial charge in [0, 0.05) is 34.6 Å². The molecule has 2 heterocycles. The first-order chi connectivity index (χ1) is 13.5. The van der Waals surface area contributed by atoms with Gasteiger partial charge in [-0.3, -0.25) is 0 Å². The minimum absolute atomic E-state index is 0.272. The van der Waals surface area contributed by atoms with Crippen molar-refractivity contribution < 1.29 is 17.9 Å². The van der Waals surface area contributed by atoms with E-state index in [-0.39, 0.29) is 5.75 Å². The van der Waals surface area contributed by atoms with E-state index in [4.69, 9.17) is 0 Å². The average Bonchev–Trinajstić information content (AvgIpc) is 3.09. The van der Waals surface area contributed by atoms with Crippen molar-refractivity contribution in [3.8, 4) is 17.1 Å². The Bertz CT molecular complexity index is 1090. The molecule has 0 saturated heterocycles. The molecule has 7 heteroatoms. The Hall–Kier alpha value is -3.35. The molecule has 28 heavy (non-hydrogen) atoms. The summed E-state index contributed by atoms with van der Waals surface area (Å²) < 4.78 is 40.7. The van der Waals surface area contributed by atoms with Crippen LogP contribution in [0.4, 0.5) is 13.2 Å². The highest BCUT2D eigenvalue weighted by Gasteiger charge is 2.31. The Morgan fingerprint density at radius 2 is 1.71 bits per heavy atom. The van der Waals surface area contributed by atoms with E-state index < -0.39 is 6.36 Å². The lowest BCUT2D eigenvalue weighted by atomic mass is 10.1. The van der Waals surface area contributed by atoms with Crippen LogP contribution in [0.1, 0.15) is 11.3 Å². The number of para-hydroxylation sites is 1. The van der Waals surface area contributed by atoms with Gasteiger partial charge < -0.3 is 9.72 Å². The second-order valence-electron chi connectivity index (χ2n) is 6.30. The van der Waals surface area contributed by atoms with E-state index in [1.807, 2.05) is 30.5 Å². The highest BCUT2D eigenvalue weighted by molar-refractivity contribution is 5.83. The molecule has 0 aliphatic rings. The summed E-state index contributed by atoms with van der Waals surface area (Å²) in [4.78, 5) is 12.0. The van der Waals surface area contributed by atoms with Gasteiger partial charge in [0.05, 0.1) is 0 Å². The topological polar surface area (TPSA) is 50.8 Å². The molecule has 2 aromatic carbocycles. The third-order valence-electron chi connectivity index (χ3n) is 4.38. The number of hydrogen-bond acceptors (Lipinski definition) is 3. The number of benzene rings is 2. The fourth-order valence-electron chi connectivity index (χ4n) is 3.08. The van der Waals surface area contributed by atoms with Crippen LogP contribution in [-0.2, 0) is 12.8 Å². The number of hydrogen-bond donors (Lipinski definition) is 1. The molecule has 0 amide bonds. The molecule has 0 bridgehead atoms. The van der Waals surface area contributed by atoms with Crippen LogP contribution in [0.15, 0.2) is 67.0 Å².